The number of hydrogen-bond acceptors (Lipinski definition) is 6. The van der Waals surface area contributed by atoms with Gasteiger partial charge in [0, 0.05) is 31.1 Å². The summed E-state index contributed by atoms with van der Waals surface area (Å²) < 4.78 is 13.1. The maximum Gasteiger partial charge on any atom is 0.298 e. The number of fused-ring (bicyclic) bond motifs is 1. The number of methoxy groups -OCH3 is 1. The fourth-order valence-corrected chi connectivity index (χ4v) is 3.67. The van der Waals surface area contributed by atoms with Crippen molar-refractivity contribution in [1.82, 2.24) is 19.7 Å². The van der Waals surface area contributed by atoms with Crippen LogP contribution in [0.5, 0.6) is 0 Å². The van der Waals surface area contributed by atoms with E-state index in [1.807, 2.05) is 29.8 Å². The number of benzene rings is 1. The Balaban J connectivity index is 1.57. The molecule has 0 amide bonds. The van der Waals surface area contributed by atoms with Crippen LogP contribution < -0.4 is 4.90 Å². The van der Waals surface area contributed by atoms with Crippen molar-refractivity contribution in [1.29, 1.82) is 0 Å². The van der Waals surface area contributed by atoms with Crippen molar-refractivity contribution in [2.45, 2.75) is 32.2 Å². The molecule has 8 heteroatoms. The van der Waals surface area contributed by atoms with Crippen LogP contribution in [0.4, 0.5) is 6.01 Å². The van der Waals surface area contributed by atoms with Gasteiger partial charge in [-0.3, -0.25) is 0 Å². The predicted molar refractivity (Wildman–Crippen MR) is 99.8 cm³/mol. The lowest BCUT2D eigenvalue weighted by Gasteiger charge is -2.31. The van der Waals surface area contributed by atoms with E-state index in [0.29, 0.717) is 30.1 Å². The van der Waals surface area contributed by atoms with E-state index in [1.54, 1.807) is 7.11 Å². The summed E-state index contributed by atoms with van der Waals surface area (Å²) in [7, 11) is 1.70. The van der Waals surface area contributed by atoms with Crippen molar-refractivity contribution in [3.8, 4) is 0 Å². The molecule has 1 aromatic carbocycles. The molecule has 0 aliphatic carbocycles. The zero-order chi connectivity index (χ0) is 18.1. The molecule has 138 valence electrons. The predicted octanol–water partition coefficient (Wildman–Crippen LogP) is 3.41. The summed E-state index contributed by atoms with van der Waals surface area (Å²) in [4.78, 5) is 11.5. The molecule has 7 nitrogen and oxygen atoms in total. The third-order valence-corrected chi connectivity index (χ3v) is 4.94. The molecule has 2 aromatic heterocycles. The number of aromatic nitrogens is 4. The molecule has 1 saturated heterocycles. The second-order valence-corrected chi connectivity index (χ2v) is 7.06. The molecule has 0 bridgehead atoms. The average molecular weight is 376 g/mol. The van der Waals surface area contributed by atoms with E-state index in [2.05, 4.69) is 20.0 Å². The summed E-state index contributed by atoms with van der Waals surface area (Å²) in [6.45, 7) is 4.99. The summed E-state index contributed by atoms with van der Waals surface area (Å²) in [5.41, 5.74) is 1.54. The molecule has 1 aliphatic heterocycles. The number of piperidine rings is 1. The van der Waals surface area contributed by atoms with Gasteiger partial charge < -0.3 is 14.1 Å². The van der Waals surface area contributed by atoms with Crippen LogP contribution in [0.15, 0.2) is 22.6 Å². The van der Waals surface area contributed by atoms with E-state index in [0.717, 1.165) is 48.7 Å². The maximum absolute atomic E-state index is 6.05. The Kier molecular flexibility index (Phi) is 4.82. The third-order valence-electron chi connectivity index (χ3n) is 4.71. The van der Waals surface area contributed by atoms with Gasteiger partial charge in [-0.25, -0.2) is 9.67 Å². The Bertz CT molecular complexity index is 906. The molecule has 26 heavy (non-hydrogen) atoms. The molecule has 0 N–H and O–H groups in total. The largest absolute Gasteiger partial charge is 0.423 e. The molecule has 3 heterocycles. The van der Waals surface area contributed by atoms with Gasteiger partial charge in [0.2, 0.25) is 0 Å². The van der Waals surface area contributed by atoms with Gasteiger partial charge in [0.05, 0.1) is 13.2 Å². The van der Waals surface area contributed by atoms with E-state index < -0.39 is 0 Å². The van der Waals surface area contributed by atoms with Gasteiger partial charge in [-0.2, -0.15) is 10.1 Å². The Morgan fingerprint density at radius 2 is 2.23 bits per heavy atom. The van der Waals surface area contributed by atoms with E-state index in [4.69, 9.17) is 20.8 Å². The zero-order valence-corrected chi connectivity index (χ0v) is 15.7. The molecular formula is C18H22ClN5O2. The smallest absolute Gasteiger partial charge is 0.298 e. The number of anilines is 1. The van der Waals surface area contributed by atoms with Crippen LogP contribution in [0.1, 0.15) is 30.4 Å². The first-order valence-electron chi connectivity index (χ1n) is 8.85. The van der Waals surface area contributed by atoms with Crippen molar-refractivity contribution in [3.63, 3.8) is 0 Å². The first kappa shape index (κ1) is 17.3. The number of hydrogen-bond donors (Lipinski definition) is 0. The number of ether oxygens (including phenoxy) is 1. The lowest BCUT2D eigenvalue weighted by molar-refractivity contribution is 0.181. The summed E-state index contributed by atoms with van der Waals surface area (Å²) in [5, 5.41) is 5.18. The Labute approximate surface area is 156 Å². The average Bonchev–Trinajstić information content (AvgIpc) is 3.23. The second-order valence-electron chi connectivity index (χ2n) is 6.63. The maximum atomic E-state index is 6.05. The number of aryl methyl sites for hydroxylation is 1. The van der Waals surface area contributed by atoms with Gasteiger partial charge in [-0.05, 0) is 38.0 Å². The summed E-state index contributed by atoms with van der Waals surface area (Å²) in [6.07, 6.45) is 2.13. The van der Waals surface area contributed by atoms with Crippen molar-refractivity contribution in [2.24, 2.45) is 0 Å². The minimum Gasteiger partial charge on any atom is -0.423 e. The zero-order valence-electron chi connectivity index (χ0n) is 15.0. The van der Waals surface area contributed by atoms with Crippen LogP contribution in [0, 0.1) is 6.92 Å². The van der Waals surface area contributed by atoms with Crippen molar-refractivity contribution < 1.29 is 9.15 Å². The Morgan fingerprint density at radius 1 is 1.35 bits per heavy atom. The van der Waals surface area contributed by atoms with Gasteiger partial charge in [0.15, 0.2) is 5.58 Å². The van der Waals surface area contributed by atoms with Gasteiger partial charge in [0.25, 0.3) is 6.01 Å². The number of rotatable bonds is 5. The highest BCUT2D eigenvalue weighted by Gasteiger charge is 2.28. The van der Waals surface area contributed by atoms with Crippen LogP contribution in [-0.4, -0.2) is 46.6 Å². The van der Waals surface area contributed by atoms with Crippen LogP contribution in [-0.2, 0) is 11.3 Å². The first-order valence-corrected chi connectivity index (χ1v) is 9.23. The van der Waals surface area contributed by atoms with Gasteiger partial charge >= 0.3 is 0 Å². The fourth-order valence-electron chi connectivity index (χ4n) is 3.50. The molecule has 4 rings (SSSR count). The summed E-state index contributed by atoms with van der Waals surface area (Å²) >= 11 is 6.05. The SMILES string of the molecule is COCCn1nc(C)nc1C1CCCN(c2nc3cc(Cl)ccc3o2)C1. The van der Waals surface area contributed by atoms with Crippen LogP contribution in [0.25, 0.3) is 11.1 Å². The highest BCUT2D eigenvalue weighted by molar-refractivity contribution is 6.31. The number of halogens is 1. The first-order chi connectivity index (χ1) is 12.6. The molecule has 0 spiro atoms. The van der Waals surface area contributed by atoms with Crippen LogP contribution >= 0.6 is 11.6 Å². The molecule has 1 atom stereocenters. The monoisotopic (exact) mass is 375 g/mol. The molecule has 3 aromatic rings. The standard InChI is InChI=1S/C18H22ClN5O2/c1-12-20-17(24(22-12)8-9-25-2)13-4-3-7-23(11-13)18-21-15-10-14(19)5-6-16(15)26-18/h5-6,10,13H,3-4,7-9,11H2,1-2H3. The Hall–Kier alpha value is -2.12. The Morgan fingerprint density at radius 3 is 3.08 bits per heavy atom. The van der Waals surface area contributed by atoms with E-state index in [9.17, 15) is 0 Å². The normalized spacial score (nSPS) is 18.0. The van der Waals surface area contributed by atoms with E-state index in [-0.39, 0.29) is 0 Å². The molecule has 1 fully saturated rings. The molecule has 1 aliphatic rings. The van der Waals surface area contributed by atoms with Crippen LogP contribution in [0.3, 0.4) is 0 Å². The molecule has 0 saturated carbocycles. The fraction of sp³-hybridized carbons (Fsp3) is 0.500. The lowest BCUT2D eigenvalue weighted by Crippen LogP contribution is -2.35. The minimum atomic E-state index is 0.292. The number of oxazole rings is 1. The van der Waals surface area contributed by atoms with Crippen LogP contribution in [0.2, 0.25) is 5.02 Å². The van der Waals surface area contributed by atoms with Gasteiger partial charge in [-0.1, -0.05) is 11.6 Å². The van der Waals surface area contributed by atoms with E-state index in [1.165, 1.54) is 0 Å². The third kappa shape index (κ3) is 3.41. The summed E-state index contributed by atoms with van der Waals surface area (Å²) in [6, 6.07) is 6.15. The van der Waals surface area contributed by atoms with Crippen molar-refractivity contribution >= 4 is 28.7 Å². The quantitative estimate of drug-likeness (QED) is 0.680. The van der Waals surface area contributed by atoms with Gasteiger partial charge in [0.1, 0.15) is 17.2 Å². The van der Waals surface area contributed by atoms with Crippen molar-refractivity contribution in [3.05, 3.63) is 34.9 Å². The highest BCUT2D eigenvalue weighted by Crippen LogP contribution is 2.31. The topological polar surface area (TPSA) is 69.2 Å². The minimum absolute atomic E-state index is 0.292. The molecular weight excluding hydrogens is 354 g/mol. The number of nitrogens with zero attached hydrogens (tertiary/aromatic N) is 5. The second kappa shape index (κ2) is 7.25. The highest BCUT2D eigenvalue weighted by atomic mass is 35.5. The summed E-state index contributed by atoms with van der Waals surface area (Å²) in [5.74, 6) is 2.11. The van der Waals surface area contributed by atoms with Gasteiger partial charge in [-0.15, -0.1) is 0 Å². The van der Waals surface area contributed by atoms with E-state index >= 15 is 0 Å². The van der Waals surface area contributed by atoms with Crippen molar-refractivity contribution in [2.75, 3.05) is 31.7 Å². The lowest BCUT2D eigenvalue weighted by atomic mass is 9.97. The molecule has 0 radical (unpaired) electrons. The molecule has 1 unspecified atom stereocenters.